The first-order chi connectivity index (χ1) is 15.3. The normalized spacial score (nSPS) is 11.4. The van der Waals surface area contributed by atoms with E-state index in [9.17, 15) is 13.2 Å². The molecule has 170 valence electrons. The highest BCUT2D eigenvalue weighted by molar-refractivity contribution is 7.89. The van der Waals surface area contributed by atoms with Gasteiger partial charge >= 0.3 is 0 Å². The number of hydrogen-bond donors (Lipinski definition) is 0. The van der Waals surface area contributed by atoms with Crippen LogP contribution in [0, 0.1) is 0 Å². The van der Waals surface area contributed by atoms with E-state index < -0.39 is 15.9 Å². The molecule has 3 aromatic rings. The number of aromatic nitrogens is 2. The standard InChI is InChI=1S/C21H24N4O6S/c1-24(13-19-22-21(23-31-19)15-8-6-5-7-9-15)20(26)14-25(2)32(27,28)16-10-11-17(29-3)18(12-16)30-4/h5-12H,13-14H2,1-4H3. The van der Waals surface area contributed by atoms with Gasteiger partial charge in [0.15, 0.2) is 11.5 Å². The van der Waals surface area contributed by atoms with Crippen LogP contribution in [0.3, 0.4) is 0 Å². The van der Waals surface area contributed by atoms with Crippen molar-refractivity contribution < 1.29 is 27.2 Å². The van der Waals surface area contributed by atoms with Crippen molar-refractivity contribution in [2.75, 3.05) is 34.9 Å². The van der Waals surface area contributed by atoms with E-state index in [-0.39, 0.29) is 29.6 Å². The molecule has 1 amide bonds. The molecule has 11 heteroatoms. The Morgan fingerprint density at radius 2 is 1.72 bits per heavy atom. The van der Waals surface area contributed by atoms with Crippen LogP contribution in [0.2, 0.25) is 0 Å². The largest absolute Gasteiger partial charge is 0.493 e. The fourth-order valence-electron chi connectivity index (χ4n) is 2.87. The summed E-state index contributed by atoms with van der Waals surface area (Å²) in [7, 11) is 1.80. The number of ether oxygens (including phenoxy) is 2. The van der Waals surface area contributed by atoms with Crippen LogP contribution >= 0.6 is 0 Å². The number of methoxy groups -OCH3 is 2. The first-order valence-electron chi connectivity index (χ1n) is 9.56. The molecule has 1 heterocycles. The lowest BCUT2D eigenvalue weighted by molar-refractivity contribution is -0.130. The van der Waals surface area contributed by atoms with Crippen LogP contribution in [0.1, 0.15) is 5.89 Å². The number of amides is 1. The lowest BCUT2D eigenvalue weighted by Gasteiger charge is -2.21. The molecule has 0 N–H and O–H groups in total. The minimum atomic E-state index is -3.93. The fourth-order valence-corrected chi connectivity index (χ4v) is 4.00. The number of nitrogens with zero attached hydrogens (tertiary/aromatic N) is 4. The van der Waals surface area contributed by atoms with Crippen molar-refractivity contribution in [1.29, 1.82) is 0 Å². The van der Waals surface area contributed by atoms with Gasteiger partial charge in [0.1, 0.15) is 0 Å². The predicted molar refractivity (Wildman–Crippen MR) is 116 cm³/mol. The van der Waals surface area contributed by atoms with E-state index in [1.54, 1.807) is 0 Å². The Bertz CT molecular complexity index is 1180. The van der Waals surface area contributed by atoms with E-state index in [2.05, 4.69) is 10.1 Å². The summed E-state index contributed by atoms with van der Waals surface area (Å²) in [4.78, 5) is 18.2. The monoisotopic (exact) mass is 460 g/mol. The second-order valence-corrected chi connectivity index (χ2v) is 8.95. The van der Waals surface area contributed by atoms with Gasteiger partial charge < -0.3 is 18.9 Å². The van der Waals surface area contributed by atoms with E-state index in [0.29, 0.717) is 11.6 Å². The molecular formula is C21H24N4O6S. The number of likely N-dealkylation sites (N-methyl/N-ethyl adjacent to an activating group) is 2. The van der Waals surface area contributed by atoms with Gasteiger partial charge in [-0.05, 0) is 12.1 Å². The Morgan fingerprint density at radius 3 is 2.38 bits per heavy atom. The van der Waals surface area contributed by atoms with E-state index >= 15 is 0 Å². The van der Waals surface area contributed by atoms with Crippen molar-refractivity contribution in [1.82, 2.24) is 19.3 Å². The Balaban J connectivity index is 1.66. The molecule has 0 atom stereocenters. The Morgan fingerprint density at radius 1 is 1.03 bits per heavy atom. The van der Waals surface area contributed by atoms with Crippen LogP contribution < -0.4 is 9.47 Å². The Labute approximate surface area is 186 Å². The second-order valence-electron chi connectivity index (χ2n) is 6.91. The molecule has 2 aromatic carbocycles. The number of carbonyl (C=O) groups excluding carboxylic acids is 1. The van der Waals surface area contributed by atoms with Crippen molar-refractivity contribution in [2.24, 2.45) is 0 Å². The molecular weight excluding hydrogens is 436 g/mol. The van der Waals surface area contributed by atoms with E-state index in [4.69, 9.17) is 14.0 Å². The molecule has 0 aliphatic carbocycles. The molecule has 0 saturated heterocycles. The third-order valence-electron chi connectivity index (χ3n) is 4.72. The van der Waals surface area contributed by atoms with Crippen molar-refractivity contribution in [3.63, 3.8) is 0 Å². The van der Waals surface area contributed by atoms with Gasteiger partial charge in [0, 0.05) is 25.7 Å². The third kappa shape index (κ3) is 5.06. The first kappa shape index (κ1) is 23.2. The molecule has 1 aromatic heterocycles. The lowest BCUT2D eigenvalue weighted by Crippen LogP contribution is -2.39. The van der Waals surface area contributed by atoms with Crippen LogP contribution in [0.4, 0.5) is 0 Å². The van der Waals surface area contributed by atoms with Gasteiger partial charge in [-0.1, -0.05) is 35.5 Å². The van der Waals surface area contributed by atoms with Crippen LogP contribution in [0.5, 0.6) is 11.5 Å². The van der Waals surface area contributed by atoms with Crippen LogP contribution in [0.25, 0.3) is 11.4 Å². The average Bonchev–Trinajstić information content (AvgIpc) is 3.27. The fraction of sp³-hybridized carbons (Fsp3) is 0.286. The van der Waals surface area contributed by atoms with Crippen LogP contribution in [-0.4, -0.2) is 68.5 Å². The van der Waals surface area contributed by atoms with Crippen molar-refractivity contribution in [2.45, 2.75) is 11.4 Å². The van der Waals surface area contributed by atoms with Gasteiger partial charge in [-0.2, -0.15) is 9.29 Å². The summed E-state index contributed by atoms with van der Waals surface area (Å²) >= 11 is 0. The molecule has 0 spiro atoms. The molecule has 0 aliphatic heterocycles. The summed E-state index contributed by atoms with van der Waals surface area (Å²) in [5.41, 5.74) is 0.789. The number of rotatable bonds is 9. The maximum atomic E-state index is 12.9. The summed E-state index contributed by atoms with van der Waals surface area (Å²) in [6.45, 7) is -0.324. The molecule has 0 fully saturated rings. The third-order valence-corrected chi connectivity index (χ3v) is 6.52. The van der Waals surface area contributed by atoms with E-state index in [1.807, 2.05) is 30.3 Å². The van der Waals surface area contributed by atoms with Gasteiger partial charge in [0.25, 0.3) is 0 Å². The molecule has 0 radical (unpaired) electrons. The summed E-state index contributed by atoms with van der Waals surface area (Å²) in [6.07, 6.45) is 0. The number of hydrogen-bond acceptors (Lipinski definition) is 8. The molecule has 3 rings (SSSR count). The summed E-state index contributed by atoms with van der Waals surface area (Å²) in [5, 5.41) is 3.92. The van der Waals surface area contributed by atoms with Gasteiger partial charge in [-0.15, -0.1) is 0 Å². The number of sulfonamides is 1. The quantitative estimate of drug-likeness (QED) is 0.476. The zero-order chi connectivity index (χ0) is 23.3. The zero-order valence-electron chi connectivity index (χ0n) is 18.2. The highest BCUT2D eigenvalue weighted by Gasteiger charge is 2.26. The molecule has 32 heavy (non-hydrogen) atoms. The molecule has 0 saturated carbocycles. The first-order valence-corrected chi connectivity index (χ1v) is 11.0. The van der Waals surface area contributed by atoms with Crippen LogP contribution in [-0.2, 0) is 21.4 Å². The number of benzene rings is 2. The highest BCUT2D eigenvalue weighted by atomic mass is 32.2. The lowest BCUT2D eigenvalue weighted by atomic mass is 10.2. The molecule has 10 nitrogen and oxygen atoms in total. The number of carbonyl (C=O) groups is 1. The smallest absolute Gasteiger partial charge is 0.246 e. The van der Waals surface area contributed by atoms with Crippen molar-refractivity contribution >= 4 is 15.9 Å². The van der Waals surface area contributed by atoms with Gasteiger partial charge in [0.05, 0.1) is 32.2 Å². The second kappa shape index (κ2) is 9.79. The maximum Gasteiger partial charge on any atom is 0.246 e. The topological polar surface area (TPSA) is 115 Å². The predicted octanol–water partition coefficient (Wildman–Crippen LogP) is 2.03. The van der Waals surface area contributed by atoms with E-state index in [0.717, 1.165) is 9.87 Å². The highest BCUT2D eigenvalue weighted by Crippen LogP contribution is 2.30. The van der Waals surface area contributed by atoms with Gasteiger partial charge in [-0.25, -0.2) is 8.42 Å². The Kier molecular flexibility index (Phi) is 7.11. The maximum absolute atomic E-state index is 12.9. The summed E-state index contributed by atoms with van der Waals surface area (Å²) < 4.78 is 42.3. The van der Waals surface area contributed by atoms with Crippen LogP contribution in [0.15, 0.2) is 57.9 Å². The zero-order valence-corrected chi connectivity index (χ0v) is 19.0. The SMILES string of the molecule is COc1ccc(S(=O)(=O)N(C)CC(=O)N(C)Cc2nc(-c3ccccc3)no2)cc1OC. The summed E-state index contributed by atoms with van der Waals surface area (Å²) in [5.74, 6) is 0.895. The minimum absolute atomic E-state index is 0.0162. The molecule has 0 unspecified atom stereocenters. The van der Waals surface area contributed by atoms with Gasteiger partial charge in [0.2, 0.25) is 27.6 Å². The molecule has 0 bridgehead atoms. The van der Waals surface area contributed by atoms with Crippen molar-refractivity contribution in [3.8, 4) is 22.9 Å². The summed E-state index contributed by atoms with van der Waals surface area (Å²) in [6, 6.07) is 13.5. The average molecular weight is 461 g/mol. The Hall–Kier alpha value is -3.44. The van der Waals surface area contributed by atoms with Gasteiger partial charge in [-0.3, -0.25) is 4.79 Å². The molecule has 0 aliphatic rings. The van der Waals surface area contributed by atoms with Crippen molar-refractivity contribution in [3.05, 3.63) is 54.4 Å². The minimum Gasteiger partial charge on any atom is -0.493 e. The van der Waals surface area contributed by atoms with E-state index in [1.165, 1.54) is 51.4 Å².